The largest absolute Gasteiger partial charge is 0.493 e. The number of benzene rings is 2. The third-order valence-electron chi connectivity index (χ3n) is 3.36. The first-order valence-electron chi connectivity index (χ1n) is 7.64. The van der Waals surface area contributed by atoms with E-state index in [2.05, 4.69) is 31.9 Å². The summed E-state index contributed by atoms with van der Waals surface area (Å²) in [6, 6.07) is 15.2. The normalized spacial score (nSPS) is 10.1. The SMILES string of the molecule is CCOC(=O)C(=C(Br)Br)c1ccc(OCc2ccccc2)c(OC)c1. The zero-order valence-electron chi connectivity index (χ0n) is 13.9. The quantitative estimate of drug-likeness (QED) is 0.408. The molecule has 4 nitrogen and oxygen atoms in total. The number of carbonyl (C=O) groups is 1. The number of halogens is 2. The minimum Gasteiger partial charge on any atom is -0.493 e. The number of esters is 1. The van der Waals surface area contributed by atoms with Crippen molar-refractivity contribution in [1.29, 1.82) is 0 Å². The smallest absolute Gasteiger partial charge is 0.340 e. The summed E-state index contributed by atoms with van der Waals surface area (Å²) in [6.45, 7) is 2.49. The Morgan fingerprint density at radius 3 is 2.36 bits per heavy atom. The third kappa shape index (κ3) is 5.34. The Balaban J connectivity index is 2.26. The number of hydrogen-bond donors (Lipinski definition) is 0. The summed E-state index contributed by atoms with van der Waals surface area (Å²) in [5.41, 5.74) is 2.10. The molecule has 2 aromatic carbocycles. The van der Waals surface area contributed by atoms with Crippen molar-refractivity contribution in [3.05, 3.63) is 63.0 Å². The van der Waals surface area contributed by atoms with Gasteiger partial charge in [-0.3, -0.25) is 0 Å². The summed E-state index contributed by atoms with van der Waals surface area (Å²) in [7, 11) is 1.56. The lowest BCUT2D eigenvalue weighted by atomic mass is 10.1. The predicted molar refractivity (Wildman–Crippen MR) is 105 cm³/mol. The highest BCUT2D eigenvalue weighted by Gasteiger charge is 2.19. The molecule has 0 atom stereocenters. The Kier molecular flexibility index (Phi) is 7.52. The van der Waals surface area contributed by atoms with E-state index in [4.69, 9.17) is 14.2 Å². The molecule has 0 fully saturated rings. The summed E-state index contributed by atoms with van der Waals surface area (Å²) in [6.07, 6.45) is 0. The van der Waals surface area contributed by atoms with Crippen molar-refractivity contribution in [2.75, 3.05) is 13.7 Å². The van der Waals surface area contributed by atoms with Crippen molar-refractivity contribution < 1.29 is 19.0 Å². The topological polar surface area (TPSA) is 44.8 Å². The Bertz CT molecular complexity index is 753. The number of rotatable bonds is 7. The molecular formula is C19H18Br2O4. The Hall–Kier alpha value is -1.79. The van der Waals surface area contributed by atoms with Gasteiger partial charge in [-0.05, 0) is 62.0 Å². The lowest BCUT2D eigenvalue weighted by Crippen LogP contribution is -2.08. The molecule has 0 aliphatic heterocycles. The molecule has 6 heteroatoms. The minimum atomic E-state index is -0.425. The van der Waals surface area contributed by atoms with Crippen LogP contribution in [0.15, 0.2) is 51.9 Å². The van der Waals surface area contributed by atoms with Crippen molar-refractivity contribution in [2.45, 2.75) is 13.5 Å². The lowest BCUT2D eigenvalue weighted by molar-refractivity contribution is -0.136. The fraction of sp³-hybridized carbons (Fsp3) is 0.211. The van der Waals surface area contributed by atoms with Crippen molar-refractivity contribution in [2.24, 2.45) is 0 Å². The van der Waals surface area contributed by atoms with Crippen LogP contribution in [0.25, 0.3) is 5.57 Å². The monoisotopic (exact) mass is 468 g/mol. The second-order valence-corrected chi connectivity index (χ2v) is 7.65. The molecule has 132 valence electrons. The first-order valence-corrected chi connectivity index (χ1v) is 9.23. The van der Waals surface area contributed by atoms with E-state index in [-0.39, 0.29) is 0 Å². The maximum atomic E-state index is 12.2. The molecule has 0 bridgehead atoms. The van der Waals surface area contributed by atoms with E-state index in [1.807, 2.05) is 30.3 Å². The fourth-order valence-electron chi connectivity index (χ4n) is 2.19. The molecule has 0 saturated carbocycles. The number of methoxy groups -OCH3 is 1. The number of hydrogen-bond acceptors (Lipinski definition) is 4. The summed E-state index contributed by atoms with van der Waals surface area (Å²) < 4.78 is 16.9. The summed E-state index contributed by atoms with van der Waals surface area (Å²) in [5.74, 6) is 0.715. The zero-order chi connectivity index (χ0) is 18.2. The highest BCUT2D eigenvalue weighted by molar-refractivity contribution is 9.28. The van der Waals surface area contributed by atoms with E-state index in [9.17, 15) is 4.79 Å². The third-order valence-corrected chi connectivity index (χ3v) is 4.15. The first-order chi connectivity index (χ1) is 12.1. The number of carbonyl (C=O) groups excluding carboxylic acids is 1. The molecule has 0 N–H and O–H groups in total. The van der Waals surface area contributed by atoms with Crippen LogP contribution >= 0.6 is 31.9 Å². The van der Waals surface area contributed by atoms with Gasteiger partial charge in [-0.1, -0.05) is 36.4 Å². The molecule has 0 spiro atoms. The number of ether oxygens (including phenoxy) is 3. The molecule has 0 heterocycles. The van der Waals surface area contributed by atoms with Gasteiger partial charge in [0.05, 0.1) is 22.7 Å². The van der Waals surface area contributed by atoms with E-state index >= 15 is 0 Å². The van der Waals surface area contributed by atoms with Crippen LogP contribution < -0.4 is 9.47 Å². The van der Waals surface area contributed by atoms with Crippen molar-refractivity contribution in [3.63, 3.8) is 0 Å². The van der Waals surface area contributed by atoms with Crippen LogP contribution in [0.2, 0.25) is 0 Å². The Labute approximate surface area is 164 Å². The highest BCUT2D eigenvalue weighted by atomic mass is 79.9. The molecule has 0 saturated heterocycles. The molecule has 0 aliphatic carbocycles. The van der Waals surface area contributed by atoms with Gasteiger partial charge in [0.2, 0.25) is 0 Å². The van der Waals surface area contributed by atoms with Gasteiger partial charge in [-0.25, -0.2) is 4.79 Å². The molecule has 0 amide bonds. The molecule has 2 aromatic rings. The van der Waals surface area contributed by atoms with Crippen LogP contribution in [0.3, 0.4) is 0 Å². The van der Waals surface area contributed by atoms with E-state index in [1.54, 1.807) is 32.2 Å². The lowest BCUT2D eigenvalue weighted by Gasteiger charge is -2.14. The second-order valence-electron chi connectivity index (χ2n) is 5.00. The van der Waals surface area contributed by atoms with Gasteiger partial charge in [0.25, 0.3) is 0 Å². The Morgan fingerprint density at radius 1 is 1.04 bits per heavy atom. The van der Waals surface area contributed by atoms with Crippen LogP contribution in [0.1, 0.15) is 18.1 Å². The van der Waals surface area contributed by atoms with Crippen molar-refractivity contribution in [1.82, 2.24) is 0 Å². The van der Waals surface area contributed by atoms with E-state index in [0.29, 0.717) is 39.2 Å². The molecule has 0 radical (unpaired) electrons. The first kappa shape index (κ1) is 19.5. The fourth-order valence-corrected chi connectivity index (χ4v) is 2.97. The molecule has 0 aliphatic rings. The van der Waals surface area contributed by atoms with Crippen molar-refractivity contribution in [3.8, 4) is 11.5 Å². The van der Waals surface area contributed by atoms with Crippen LogP contribution in [0, 0.1) is 0 Å². The van der Waals surface area contributed by atoms with Crippen molar-refractivity contribution >= 4 is 43.4 Å². The van der Waals surface area contributed by atoms with Crippen LogP contribution in [0.5, 0.6) is 11.5 Å². The summed E-state index contributed by atoms with van der Waals surface area (Å²) >= 11 is 6.60. The van der Waals surface area contributed by atoms with Crippen LogP contribution in [-0.2, 0) is 16.1 Å². The average molecular weight is 470 g/mol. The molecule has 2 rings (SSSR count). The molecule has 0 unspecified atom stereocenters. The van der Waals surface area contributed by atoms with E-state index < -0.39 is 5.97 Å². The average Bonchev–Trinajstić information content (AvgIpc) is 2.61. The maximum Gasteiger partial charge on any atom is 0.340 e. The van der Waals surface area contributed by atoms with Gasteiger partial charge >= 0.3 is 5.97 Å². The second kappa shape index (κ2) is 9.63. The van der Waals surface area contributed by atoms with Crippen LogP contribution in [-0.4, -0.2) is 19.7 Å². The van der Waals surface area contributed by atoms with Gasteiger partial charge in [-0.15, -0.1) is 0 Å². The minimum absolute atomic E-state index is 0.297. The highest BCUT2D eigenvalue weighted by Crippen LogP contribution is 2.35. The van der Waals surface area contributed by atoms with Gasteiger partial charge < -0.3 is 14.2 Å². The summed E-state index contributed by atoms with van der Waals surface area (Å²) in [5, 5.41) is 0. The van der Waals surface area contributed by atoms with Gasteiger partial charge in [0, 0.05) is 0 Å². The molecular weight excluding hydrogens is 452 g/mol. The molecule has 25 heavy (non-hydrogen) atoms. The standard InChI is InChI=1S/C19H18Br2O4/c1-3-24-19(22)17(18(20)21)14-9-10-15(16(11-14)23-2)25-12-13-7-5-4-6-8-13/h4-11H,3,12H2,1-2H3. The van der Waals surface area contributed by atoms with E-state index in [0.717, 1.165) is 5.56 Å². The molecule has 0 aromatic heterocycles. The van der Waals surface area contributed by atoms with Gasteiger partial charge in [0.15, 0.2) is 11.5 Å². The summed E-state index contributed by atoms with van der Waals surface area (Å²) in [4.78, 5) is 12.2. The van der Waals surface area contributed by atoms with Gasteiger partial charge in [0.1, 0.15) is 6.61 Å². The predicted octanol–water partition coefficient (Wildman–Crippen LogP) is 5.30. The van der Waals surface area contributed by atoms with Gasteiger partial charge in [-0.2, -0.15) is 0 Å². The Morgan fingerprint density at radius 2 is 1.76 bits per heavy atom. The van der Waals surface area contributed by atoms with E-state index in [1.165, 1.54) is 0 Å². The van der Waals surface area contributed by atoms with Crippen LogP contribution in [0.4, 0.5) is 0 Å². The zero-order valence-corrected chi connectivity index (χ0v) is 17.1. The maximum absolute atomic E-state index is 12.2.